The lowest BCUT2D eigenvalue weighted by Crippen LogP contribution is -2.23. The van der Waals surface area contributed by atoms with Crippen molar-refractivity contribution in [2.75, 3.05) is 20.3 Å². The molecule has 0 saturated carbocycles. The number of nitrogens with zero attached hydrogens (tertiary/aromatic N) is 3. The molecule has 6 rings (SSSR count). The van der Waals surface area contributed by atoms with E-state index in [4.69, 9.17) is 14.2 Å². The Morgan fingerprint density at radius 1 is 0.757 bits per heavy atom. The number of methoxy groups -OCH3 is 1. The van der Waals surface area contributed by atoms with Crippen LogP contribution in [0.2, 0.25) is 0 Å². The van der Waals surface area contributed by atoms with Gasteiger partial charge in [-0.1, -0.05) is 18.2 Å². The highest BCUT2D eigenvalue weighted by Gasteiger charge is 2.13. The van der Waals surface area contributed by atoms with Gasteiger partial charge in [0.25, 0.3) is 11.1 Å². The third-order valence-electron chi connectivity index (χ3n) is 6.57. The van der Waals surface area contributed by atoms with Crippen molar-refractivity contribution in [3.63, 3.8) is 0 Å². The highest BCUT2D eigenvalue weighted by Crippen LogP contribution is 2.30. The lowest BCUT2D eigenvalue weighted by molar-refractivity contribution is 0.297. The summed E-state index contributed by atoms with van der Waals surface area (Å²) in [4.78, 5) is 31.3. The van der Waals surface area contributed by atoms with E-state index >= 15 is 0 Å². The molecule has 4 heterocycles. The number of hydrogen-bond donors (Lipinski definition) is 0. The Kier molecular flexibility index (Phi) is 5.84. The summed E-state index contributed by atoms with van der Waals surface area (Å²) < 4.78 is 19.9. The summed E-state index contributed by atoms with van der Waals surface area (Å²) in [6.07, 6.45) is 4.30. The highest BCUT2D eigenvalue weighted by atomic mass is 16.5. The van der Waals surface area contributed by atoms with E-state index in [2.05, 4.69) is 4.98 Å². The summed E-state index contributed by atoms with van der Waals surface area (Å²) in [6.45, 7) is 1.99. The van der Waals surface area contributed by atoms with Crippen LogP contribution in [0, 0.1) is 0 Å². The van der Waals surface area contributed by atoms with E-state index in [1.165, 1.54) is 0 Å². The van der Waals surface area contributed by atoms with E-state index in [-0.39, 0.29) is 11.1 Å². The third-order valence-corrected chi connectivity index (χ3v) is 6.57. The second kappa shape index (κ2) is 9.46. The smallest absolute Gasteiger partial charge is 0.260 e. The zero-order valence-electron chi connectivity index (χ0n) is 20.3. The van der Waals surface area contributed by atoms with Gasteiger partial charge in [0.2, 0.25) is 0 Å². The van der Waals surface area contributed by atoms with E-state index in [0.29, 0.717) is 59.6 Å². The number of benzene rings is 2. The van der Waals surface area contributed by atoms with Gasteiger partial charge in [0.05, 0.1) is 55.2 Å². The molecule has 37 heavy (non-hydrogen) atoms. The molecule has 0 radical (unpaired) electrons. The van der Waals surface area contributed by atoms with Crippen molar-refractivity contribution in [2.24, 2.45) is 0 Å². The van der Waals surface area contributed by atoms with Gasteiger partial charge in [-0.3, -0.25) is 9.59 Å². The summed E-state index contributed by atoms with van der Waals surface area (Å²) in [5.41, 5.74) is 2.60. The second-order valence-electron chi connectivity index (χ2n) is 9.03. The van der Waals surface area contributed by atoms with Gasteiger partial charge in [-0.2, -0.15) is 0 Å². The molecule has 0 amide bonds. The normalized spacial score (nSPS) is 13.0. The lowest BCUT2D eigenvalue weighted by Gasteiger charge is -2.12. The van der Waals surface area contributed by atoms with Crippen molar-refractivity contribution >= 4 is 21.8 Å². The van der Waals surface area contributed by atoms with Gasteiger partial charge in [-0.25, -0.2) is 4.98 Å². The van der Waals surface area contributed by atoms with Crippen molar-refractivity contribution in [1.29, 1.82) is 0 Å². The molecular formula is C29H25N3O5. The van der Waals surface area contributed by atoms with Crippen LogP contribution in [0.1, 0.15) is 17.5 Å². The van der Waals surface area contributed by atoms with Crippen LogP contribution in [-0.4, -0.2) is 34.4 Å². The summed E-state index contributed by atoms with van der Waals surface area (Å²) >= 11 is 0. The molecule has 186 valence electrons. The first-order valence-electron chi connectivity index (χ1n) is 12.1. The van der Waals surface area contributed by atoms with Crippen molar-refractivity contribution in [3.05, 3.63) is 105 Å². The Morgan fingerprint density at radius 2 is 1.35 bits per heavy atom. The molecule has 3 aromatic heterocycles. The monoisotopic (exact) mass is 495 g/mol. The van der Waals surface area contributed by atoms with Crippen LogP contribution in [0.25, 0.3) is 21.8 Å². The van der Waals surface area contributed by atoms with Crippen LogP contribution in [-0.2, 0) is 13.1 Å². The van der Waals surface area contributed by atoms with E-state index in [1.807, 2.05) is 54.6 Å². The Bertz CT molecular complexity index is 1740. The van der Waals surface area contributed by atoms with Crippen LogP contribution < -0.4 is 25.3 Å². The van der Waals surface area contributed by atoms with Gasteiger partial charge >= 0.3 is 0 Å². The summed E-state index contributed by atoms with van der Waals surface area (Å²) in [6, 6.07) is 18.6. The number of fused-ring (bicyclic) bond motifs is 3. The zero-order valence-corrected chi connectivity index (χ0v) is 20.3. The molecule has 0 aliphatic carbocycles. The molecule has 2 aromatic carbocycles. The highest BCUT2D eigenvalue weighted by molar-refractivity contribution is 5.91. The minimum Gasteiger partial charge on any atom is -0.497 e. The molecule has 1 aliphatic heterocycles. The molecule has 5 aromatic rings. The lowest BCUT2D eigenvalue weighted by atomic mass is 10.1. The van der Waals surface area contributed by atoms with Crippen LogP contribution in [0.15, 0.2) is 82.6 Å². The maximum absolute atomic E-state index is 13.4. The van der Waals surface area contributed by atoms with Gasteiger partial charge in [-0.15, -0.1) is 0 Å². The van der Waals surface area contributed by atoms with Gasteiger partial charge < -0.3 is 23.3 Å². The fraction of sp³-hybridized carbons (Fsp3) is 0.207. The fourth-order valence-corrected chi connectivity index (χ4v) is 4.58. The Hall–Kier alpha value is -4.59. The zero-order chi connectivity index (χ0) is 25.4. The number of ether oxygens (including phenoxy) is 3. The minimum absolute atomic E-state index is 0.194. The molecule has 0 N–H and O–H groups in total. The van der Waals surface area contributed by atoms with Crippen molar-refractivity contribution < 1.29 is 14.2 Å². The van der Waals surface area contributed by atoms with Gasteiger partial charge in [0.1, 0.15) is 5.75 Å². The molecule has 0 fully saturated rings. The number of pyridine rings is 3. The Labute approximate surface area is 212 Å². The van der Waals surface area contributed by atoms with Crippen LogP contribution in [0.3, 0.4) is 0 Å². The number of aromatic nitrogens is 3. The topological polar surface area (TPSA) is 84.6 Å². The fourth-order valence-electron chi connectivity index (χ4n) is 4.58. The maximum atomic E-state index is 13.4. The van der Waals surface area contributed by atoms with Crippen LogP contribution in [0.4, 0.5) is 0 Å². The predicted molar refractivity (Wildman–Crippen MR) is 141 cm³/mol. The van der Waals surface area contributed by atoms with E-state index in [0.717, 1.165) is 23.3 Å². The Morgan fingerprint density at radius 3 is 2.00 bits per heavy atom. The molecule has 8 nitrogen and oxygen atoms in total. The van der Waals surface area contributed by atoms with E-state index < -0.39 is 0 Å². The van der Waals surface area contributed by atoms with Crippen LogP contribution >= 0.6 is 0 Å². The quantitative estimate of drug-likeness (QED) is 0.343. The maximum Gasteiger partial charge on any atom is 0.260 e. The Balaban J connectivity index is 1.36. The predicted octanol–water partition coefficient (Wildman–Crippen LogP) is 3.98. The van der Waals surface area contributed by atoms with Gasteiger partial charge in [0, 0.05) is 18.8 Å². The summed E-state index contributed by atoms with van der Waals surface area (Å²) in [7, 11) is 1.62. The van der Waals surface area contributed by atoms with Gasteiger partial charge in [0.15, 0.2) is 11.5 Å². The second-order valence-corrected chi connectivity index (χ2v) is 9.03. The number of hydrogen-bond acceptors (Lipinski definition) is 6. The van der Waals surface area contributed by atoms with Crippen molar-refractivity contribution in [2.45, 2.75) is 19.5 Å². The number of rotatable bonds is 5. The molecule has 0 spiro atoms. The standard InChI is InChI=1S/C29H25N3O5/c1-35-21-6-3-19(4-7-21)17-31-11-9-24-22(28(31)33)16-23-25(30-24)10-12-32(29(23)34)18-20-5-8-26-27(15-20)37-14-2-13-36-26/h3-12,15-16H,2,13-14,17-18H2,1H3. The minimum atomic E-state index is -0.205. The SMILES string of the molecule is COc1ccc(Cn2ccc3nc4ccn(Cc5ccc6c(c5)OCCCO6)c(=O)c4cc3c2=O)cc1. The van der Waals surface area contributed by atoms with E-state index in [9.17, 15) is 9.59 Å². The molecule has 0 bridgehead atoms. The van der Waals surface area contributed by atoms with Crippen molar-refractivity contribution in [3.8, 4) is 17.2 Å². The summed E-state index contributed by atoms with van der Waals surface area (Å²) in [5, 5.41) is 0.817. The van der Waals surface area contributed by atoms with E-state index in [1.54, 1.807) is 34.7 Å². The van der Waals surface area contributed by atoms with Gasteiger partial charge in [-0.05, 0) is 53.6 Å². The molecule has 8 heteroatoms. The third kappa shape index (κ3) is 4.42. The molecule has 1 aliphatic rings. The first kappa shape index (κ1) is 22.8. The first-order chi connectivity index (χ1) is 18.1. The molecule has 0 unspecified atom stereocenters. The molecule has 0 saturated heterocycles. The largest absolute Gasteiger partial charge is 0.497 e. The van der Waals surface area contributed by atoms with Crippen molar-refractivity contribution in [1.82, 2.24) is 14.1 Å². The molecule has 0 atom stereocenters. The molecular weight excluding hydrogens is 470 g/mol. The summed E-state index contributed by atoms with van der Waals surface area (Å²) in [5.74, 6) is 2.16. The van der Waals surface area contributed by atoms with Crippen LogP contribution in [0.5, 0.6) is 17.2 Å². The average molecular weight is 496 g/mol. The average Bonchev–Trinajstić information content (AvgIpc) is 3.17. The first-order valence-corrected chi connectivity index (χ1v) is 12.1.